The monoisotopic (exact) mass is 456 g/mol. The lowest BCUT2D eigenvalue weighted by Crippen LogP contribution is -2.54. The Morgan fingerprint density at radius 3 is 2.48 bits per heavy atom. The highest BCUT2D eigenvalue weighted by molar-refractivity contribution is 5.90. The third-order valence-electron chi connectivity index (χ3n) is 5.91. The lowest BCUT2D eigenvalue weighted by molar-refractivity contribution is -0.139. The minimum atomic E-state index is -0.617. The lowest BCUT2D eigenvalue weighted by Gasteiger charge is -2.31. The van der Waals surface area contributed by atoms with Crippen LogP contribution in [0, 0.1) is 18.7 Å². The molecule has 8 nitrogen and oxygen atoms in total. The molecule has 0 bridgehead atoms. The third kappa shape index (κ3) is 6.04. The maximum Gasteiger partial charge on any atom is 0.245 e. The summed E-state index contributed by atoms with van der Waals surface area (Å²) in [6.45, 7) is 8.02. The summed E-state index contributed by atoms with van der Waals surface area (Å²) in [6, 6.07) is 6.66. The minimum absolute atomic E-state index is 0.0606. The summed E-state index contributed by atoms with van der Waals surface area (Å²) in [6.07, 6.45) is 1.63. The summed E-state index contributed by atoms with van der Waals surface area (Å²) >= 11 is 0. The molecule has 1 fully saturated rings. The number of hydrogen-bond acceptors (Lipinski definition) is 6. The Morgan fingerprint density at radius 2 is 1.85 bits per heavy atom. The number of halogens is 1. The molecule has 0 radical (unpaired) electrons. The number of likely N-dealkylation sites (tertiary alicyclic amines) is 1. The number of hydrogen-bond donors (Lipinski definition) is 3. The van der Waals surface area contributed by atoms with Crippen LogP contribution in [-0.2, 0) is 9.59 Å². The van der Waals surface area contributed by atoms with Crippen molar-refractivity contribution in [2.45, 2.75) is 58.7 Å². The summed E-state index contributed by atoms with van der Waals surface area (Å²) < 4.78 is 13.2. The van der Waals surface area contributed by atoms with Gasteiger partial charge >= 0.3 is 0 Å². The van der Waals surface area contributed by atoms with E-state index in [4.69, 9.17) is 0 Å². The minimum Gasteiger partial charge on any atom is -0.343 e. The molecule has 33 heavy (non-hydrogen) atoms. The summed E-state index contributed by atoms with van der Waals surface area (Å²) in [5.41, 5.74) is 1.46. The van der Waals surface area contributed by atoms with E-state index in [0.717, 1.165) is 18.5 Å². The Hall–Kier alpha value is -3.07. The molecule has 1 aliphatic heterocycles. The van der Waals surface area contributed by atoms with Gasteiger partial charge in [-0.05, 0) is 63.9 Å². The van der Waals surface area contributed by atoms with Crippen molar-refractivity contribution >= 4 is 23.3 Å². The first-order valence-electron chi connectivity index (χ1n) is 11.4. The van der Waals surface area contributed by atoms with Crippen molar-refractivity contribution in [3.8, 4) is 0 Å². The van der Waals surface area contributed by atoms with E-state index in [0.29, 0.717) is 23.9 Å². The van der Waals surface area contributed by atoms with E-state index >= 15 is 0 Å². The molecule has 0 spiro atoms. The fraction of sp³-hybridized carbons (Fsp3) is 0.500. The molecule has 1 aromatic carbocycles. The molecule has 0 saturated carbocycles. The van der Waals surface area contributed by atoms with E-state index in [1.807, 2.05) is 24.8 Å². The molecule has 3 N–H and O–H groups in total. The number of aryl methyl sites for hydroxylation is 1. The highest BCUT2D eigenvalue weighted by Crippen LogP contribution is 2.33. The number of carbonyl (C=O) groups excluding carboxylic acids is 2. The Balaban J connectivity index is 1.82. The number of carbonyl (C=O) groups is 2. The van der Waals surface area contributed by atoms with E-state index in [-0.39, 0.29) is 29.6 Å². The van der Waals surface area contributed by atoms with Crippen LogP contribution in [0.1, 0.15) is 51.2 Å². The first-order valence-corrected chi connectivity index (χ1v) is 11.4. The van der Waals surface area contributed by atoms with Crippen molar-refractivity contribution in [2.75, 3.05) is 18.9 Å². The standard InChI is InChI=1S/C24H33FN6O2/c1-14(2)22(30-23(32)15(3)26-5)24(33)31-12-6-7-20(31)19-13-21(28-16(4)27-19)29-18-10-8-17(25)9-11-18/h8-11,13-15,20,22,26H,6-7,12H2,1-5H3,(H,30,32)(H,27,28,29)/t15?,20-,22?/m0/s1. The van der Waals surface area contributed by atoms with Crippen LogP contribution in [0.2, 0.25) is 0 Å². The van der Waals surface area contributed by atoms with E-state index < -0.39 is 12.1 Å². The van der Waals surface area contributed by atoms with Crippen LogP contribution < -0.4 is 16.0 Å². The van der Waals surface area contributed by atoms with Gasteiger partial charge in [0.2, 0.25) is 11.8 Å². The number of aromatic nitrogens is 2. The molecule has 2 heterocycles. The van der Waals surface area contributed by atoms with Crippen molar-refractivity contribution in [3.05, 3.63) is 47.7 Å². The van der Waals surface area contributed by atoms with Gasteiger partial charge in [-0.1, -0.05) is 13.8 Å². The fourth-order valence-electron chi connectivity index (χ4n) is 3.95. The first-order chi connectivity index (χ1) is 15.7. The average Bonchev–Trinajstić information content (AvgIpc) is 3.27. The van der Waals surface area contributed by atoms with Crippen molar-refractivity contribution in [3.63, 3.8) is 0 Å². The number of anilines is 2. The molecule has 1 saturated heterocycles. The predicted octanol–water partition coefficient (Wildman–Crippen LogP) is 3.08. The molecule has 2 amide bonds. The Morgan fingerprint density at radius 1 is 1.15 bits per heavy atom. The van der Waals surface area contributed by atoms with E-state index in [9.17, 15) is 14.0 Å². The van der Waals surface area contributed by atoms with Crippen LogP contribution >= 0.6 is 0 Å². The smallest absolute Gasteiger partial charge is 0.245 e. The highest BCUT2D eigenvalue weighted by atomic mass is 19.1. The number of rotatable bonds is 8. The number of benzene rings is 1. The van der Waals surface area contributed by atoms with Gasteiger partial charge in [0.15, 0.2) is 0 Å². The van der Waals surface area contributed by atoms with Gasteiger partial charge in [-0.15, -0.1) is 0 Å². The molecular formula is C24H33FN6O2. The normalized spacial score (nSPS) is 17.7. The Bertz CT molecular complexity index is 981. The molecule has 1 aliphatic rings. The zero-order valence-corrected chi connectivity index (χ0v) is 19.9. The Labute approximate surface area is 194 Å². The van der Waals surface area contributed by atoms with Crippen LogP contribution in [0.4, 0.5) is 15.9 Å². The summed E-state index contributed by atoms with van der Waals surface area (Å²) in [5, 5.41) is 8.99. The van der Waals surface area contributed by atoms with Crippen LogP contribution in [0.25, 0.3) is 0 Å². The SMILES string of the molecule is CNC(C)C(=O)NC(C(=O)N1CCC[C@H]1c1cc(Nc2ccc(F)cc2)nc(C)n1)C(C)C. The summed E-state index contributed by atoms with van der Waals surface area (Å²) in [7, 11) is 1.71. The van der Waals surface area contributed by atoms with Gasteiger partial charge in [-0.3, -0.25) is 9.59 Å². The van der Waals surface area contributed by atoms with Gasteiger partial charge in [0.05, 0.1) is 17.8 Å². The molecule has 2 aromatic rings. The van der Waals surface area contributed by atoms with Crippen LogP contribution in [-0.4, -0.2) is 52.4 Å². The van der Waals surface area contributed by atoms with Gasteiger partial charge in [-0.25, -0.2) is 14.4 Å². The molecule has 3 rings (SSSR count). The molecule has 1 aromatic heterocycles. The van der Waals surface area contributed by atoms with E-state index in [1.54, 1.807) is 33.0 Å². The van der Waals surface area contributed by atoms with Gasteiger partial charge in [0.25, 0.3) is 0 Å². The number of nitrogens with zero attached hydrogens (tertiary/aromatic N) is 3. The topological polar surface area (TPSA) is 99.2 Å². The number of nitrogens with one attached hydrogen (secondary N) is 3. The van der Waals surface area contributed by atoms with Crippen molar-refractivity contribution in [1.29, 1.82) is 0 Å². The molecule has 178 valence electrons. The van der Waals surface area contributed by atoms with Crippen molar-refractivity contribution in [2.24, 2.45) is 5.92 Å². The van der Waals surface area contributed by atoms with Crippen molar-refractivity contribution < 1.29 is 14.0 Å². The second-order valence-electron chi connectivity index (χ2n) is 8.79. The lowest BCUT2D eigenvalue weighted by atomic mass is 10.0. The molecular weight excluding hydrogens is 423 g/mol. The molecule has 9 heteroatoms. The van der Waals surface area contributed by atoms with Crippen LogP contribution in [0.5, 0.6) is 0 Å². The molecule has 0 aliphatic carbocycles. The molecule has 3 atom stereocenters. The maximum absolute atomic E-state index is 13.5. The number of amides is 2. The maximum atomic E-state index is 13.5. The van der Waals surface area contributed by atoms with Gasteiger partial charge in [0, 0.05) is 18.3 Å². The largest absolute Gasteiger partial charge is 0.343 e. The summed E-state index contributed by atoms with van der Waals surface area (Å²) in [4.78, 5) is 36.8. The third-order valence-corrected chi connectivity index (χ3v) is 5.91. The summed E-state index contributed by atoms with van der Waals surface area (Å²) in [5.74, 6) is 0.482. The van der Waals surface area contributed by atoms with Crippen LogP contribution in [0.3, 0.4) is 0 Å². The second-order valence-corrected chi connectivity index (χ2v) is 8.79. The Kier molecular flexibility index (Phi) is 7.97. The quantitative estimate of drug-likeness (QED) is 0.565. The predicted molar refractivity (Wildman–Crippen MR) is 125 cm³/mol. The molecule has 2 unspecified atom stereocenters. The zero-order chi connectivity index (χ0) is 24.1. The van der Waals surface area contributed by atoms with Crippen LogP contribution in [0.15, 0.2) is 30.3 Å². The van der Waals surface area contributed by atoms with Gasteiger partial charge in [0.1, 0.15) is 23.5 Å². The average molecular weight is 457 g/mol. The van der Waals surface area contributed by atoms with E-state index in [2.05, 4.69) is 25.9 Å². The van der Waals surface area contributed by atoms with Crippen molar-refractivity contribution in [1.82, 2.24) is 25.5 Å². The first kappa shape index (κ1) is 24.6. The zero-order valence-electron chi connectivity index (χ0n) is 19.9. The van der Waals surface area contributed by atoms with E-state index in [1.165, 1.54) is 12.1 Å². The fourth-order valence-corrected chi connectivity index (χ4v) is 3.95. The van der Waals surface area contributed by atoms with Gasteiger partial charge < -0.3 is 20.9 Å². The van der Waals surface area contributed by atoms with Gasteiger partial charge in [-0.2, -0.15) is 0 Å². The highest BCUT2D eigenvalue weighted by Gasteiger charge is 2.37. The number of likely N-dealkylation sites (N-methyl/N-ethyl adjacent to an activating group) is 1. The second kappa shape index (κ2) is 10.7.